The molecule has 3 atom stereocenters. The maximum Gasteiger partial charge on any atom is 0.191 e. The number of fused-ring (bicyclic) bond motifs is 2. The number of hydrogen-bond acceptors (Lipinski definition) is 2. The van der Waals surface area contributed by atoms with E-state index in [1.54, 1.807) is 0 Å². The van der Waals surface area contributed by atoms with Crippen molar-refractivity contribution in [3.63, 3.8) is 0 Å². The zero-order valence-corrected chi connectivity index (χ0v) is 18.0. The van der Waals surface area contributed by atoms with E-state index in [-0.39, 0.29) is 35.2 Å². The number of hydrogen-bond donors (Lipinski definition) is 2. The Morgan fingerprint density at radius 2 is 2.15 bits per heavy atom. The molecule has 1 saturated heterocycles. The predicted octanol–water partition coefficient (Wildman–Crippen LogP) is 3.64. The molecule has 0 radical (unpaired) electrons. The summed E-state index contributed by atoms with van der Waals surface area (Å²) in [5.74, 6) is 0.549. The molecule has 2 N–H and O–H groups in total. The van der Waals surface area contributed by atoms with Crippen molar-refractivity contribution < 1.29 is 13.5 Å². The first-order chi connectivity index (χ1) is 12.6. The van der Waals surface area contributed by atoms with Crippen LogP contribution in [0.4, 0.5) is 8.78 Å². The summed E-state index contributed by atoms with van der Waals surface area (Å²) in [5.41, 5.74) is 0.652. The molecule has 7 heteroatoms. The highest BCUT2D eigenvalue weighted by molar-refractivity contribution is 14.0. The molecule has 3 fully saturated rings. The van der Waals surface area contributed by atoms with Crippen molar-refractivity contribution in [2.45, 2.75) is 51.2 Å². The second-order valence-electron chi connectivity index (χ2n) is 7.70. The van der Waals surface area contributed by atoms with Crippen molar-refractivity contribution in [3.8, 4) is 0 Å². The number of nitrogens with zero attached hydrogens (tertiary/aromatic N) is 1. The zero-order chi connectivity index (χ0) is 18.1. The Kier molecular flexibility index (Phi) is 6.61. The molecule has 4 nitrogen and oxygen atoms in total. The van der Waals surface area contributed by atoms with E-state index in [0.717, 1.165) is 31.6 Å². The van der Waals surface area contributed by atoms with Crippen LogP contribution in [0.2, 0.25) is 0 Å². The van der Waals surface area contributed by atoms with Gasteiger partial charge in [-0.05, 0) is 56.4 Å². The molecule has 1 spiro atoms. The molecular weight excluding hydrogens is 463 g/mol. The number of halogens is 3. The second-order valence-corrected chi connectivity index (χ2v) is 7.70. The number of guanidine groups is 1. The van der Waals surface area contributed by atoms with Crippen molar-refractivity contribution in [1.82, 2.24) is 10.6 Å². The van der Waals surface area contributed by atoms with E-state index in [1.807, 2.05) is 6.92 Å². The molecule has 1 aliphatic heterocycles. The van der Waals surface area contributed by atoms with Gasteiger partial charge in [-0.15, -0.1) is 24.0 Å². The minimum atomic E-state index is -0.413. The van der Waals surface area contributed by atoms with Gasteiger partial charge >= 0.3 is 0 Å². The minimum Gasteiger partial charge on any atom is -0.377 e. The normalized spacial score (nSPS) is 28.0. The van der Waals surface area contributed by atoms with Crippen molar-refractivity contribution in [2.75, 3.05) is 19.7 Å². The summed E-state index contributed by atoms with van der Waals surface area (Å²) in [4.78, 5) is 4.60. The van der Waals surface area contributed by atoms with Crippen LogP contribution in [-0.4, -0.2) is 37.8 Å². The average molecular weight is 491 g/mol. The van der Waals surface area contributed by atoms with Gasteiger partial charge in [0, 0.05) is 37.1 Å². The zero-order valence-electron chi connectivity index (χ0n) is 15.6. The van der Waals surface area contributed by atoms with Crippen molar-refractivity contribution in [2.24, 2.45) is 16.3 Å². The summed E-state index contributed by atoms with van der Waals surface area (Å²) >= 11 is 0. The number of aliphatic imine (C=N–C) groups is 1. The second kappa shape index (κ2) is 8.59. The first-order valence-electron chi connectivity index (χ1n) is 9.74. The van der Waals surface area contributed by atoms with Crippen LogP contribution in [0.5, 0.6) is 0 Å². The molecule has 0 amide bonds. The van der Waals surface area contributed by atoms with E-state index in [2.05, 4.69) is 15.6 Å². The van der Waals surface area contributed by atoms with Crippen LogP contribution < -0.4 is 10.6 Å². The highest BCUT2D eigenvalue weighted by Crippen LogP contribution is 2.62. The Labute approximate surface area is 176 Å². The standard InChI is InChI=1S/C20H27F2N3O.HI/c1-2-23-19(24-10-6-13-12-14(21)4-5-16(13)22)25-17-15-7-11-26-18(15)20(17)8-3-9-20;/h4-5,12,15,17-18H,2-3,6-11H2,1H3,(H2,23,24,25);1H. The van der Waals surface area contributed by atoms with Gasteiger partial charge in [0.15, 0.2) is 5.96 Å². The molecule has 27 heavy (non-hydrogen) atoms. The maximum atomic E-state index is 13.8. The molecule has 1 heterocycles. The lowest BCUT2D eigenvalue weighted by Crippen LogP contribution is -2.72. The third-order valence-electron chi connectivity index (χ3n) is 6.33. The Morgan fingerprint density at radius 3 is 2.85 bits per heavy atom. The monoisotopic (exact) mass is 491 g/mol. The Morgan fingerprint density at radius 1 is 1.33 bits per heavy atom. The molecule has 0 aromatic heterocycles. The summed E-state index contributed by atoms with van der Waals surface area (Å²) in [6, 6.07) is 3.98. The smallest absolute Gasteiger partial charge is 0.191 e. The third-order valence-corrected chi connectivity index (χ3v) is 6.33. The van der Waals surface area contributed by atoms with Crippen molar-refractivity contribution in [1.29, 1.82) is 0 Å². The van der Waals surface area contributed by atoms with Gasteiger partial charge in [0.1, 0.15) is 11.6 Å². The Bertz CT molecular complexity index is 696. The van der Waals surface area contributed by atoms with Crippen LogP contribution in [0.15, 0.2) is 23.2 Å². The van der Waals surface area contributed by atoms with Gasteiger partial charge < -0.3 is 15.4 Å². The molecule has 150 valence electrons. The highest BCUT2D eigenvalue weighted by Gasteiger charge is 2.66. The van der Waals surface area contributed by atoms with Gasteiger partial charge in [-0.25, -0.2) is 8.78 Å². The van der Waals surface area contributed by atoms with Crippen LogP contribution >= 0.6 is 24.0 Å². The molecule has 3 unspecified atom stereocenters. The van der Waals surface area contributed by atoms with Crippen LogP contribution in [0.1, 0.15) is 38.2 Å². The van der Waals surface area contributed by atoms with Gasteiger partial charge in [0.25, 0.3) is 0 Å². The fourth-order valence-corrected chi connectivity index (χ4v) is 4.95. The number of nitrogens with one attached hydrogen (secondary N) is 2. The minimum absolute atomic E-state index is 0. The number of ether oxygens (including phenoxy) is 1. The van der Waals surface area contributed by atoms with Gasteiger partial charge in [-0.2, -0.15) is 0 Å². The van der Waals surface area contributed by atoms with Crippen LogP contribution in [0.25, 0.3) is 0 Å². The lowest BCUT2D eigenvalue weighted by molar-refractivity contribution is -0.171. The third kappa shape index (κ3) is 3.81. The molecule has 3 aliphatic rings. The predicted molar refractivity (Wildman–Crippen MR) is 113 cm³/mol. The quantitative estimate of drug-likeness (QED) is 0.376. The van der Waals surface area contributed by atoms with Gasteiger partial charge in [0.05, 0.1) is 6.10 Å². The number of rotatable bonds is 5. The fraction of sp³-hybridized carbons (Fsp3) is 0.650. The van der Waals surface area contributed by atoms with E-state index in [1.165, 1.54) is 31.4 Å². The number of benzene rings is 1. The van der Waals surface area contributed by atoms with Crippen LogP contribution in [0.3, 0.4) is 0 Å². The first kappa shape index (κ1) is 20.8. The molecule has 2 saturated carbocycles. The average Bonchev–Trinajstić information content (AvgIpc) is 2.99. The molecule has 4 rings (SSSR count). The van der Waals surface area contributed by atoms with Gasteiger partial charge in [-0.1, -0.05) is 6.42 Å². The van der Waals surface area contributed by atoms with Gasteiger partial charge in [-0.3, -0.25) is 4.99 Å². The van der Waals surface area contributed by atoms with E-state index in [4.69, 9.17) is 4.74 Å². The Balaban J connectivity index is 0.00000210. The summed E-state index contributed by atoms with van der Waals surface area (Å²) in [6.45, 7) is 4.08. The lowest BCUT2D eigenvalue weighted by atomic mass is 9.46. The highest BCUT2D eigenvalue weighted by atomic mass is 127. The molecular formula is C20H28F2IN3O. The van der Waals surface area contributed by atoms with Crippen molar-refractivity contribution in [3.05, 3.63) is 35.4 Å². The first-order valence-corrected chi connectivity index (χ1v) is 9.74. The largest absolute Gasteiger partial charge is 0.377 e. The molecule has 1 aromatic rings. The molecule has 2 aliphatic carbocycles. The van der Waals surface area contributed by atoms with E-state index >= 15 is 0 Å². The summed E-state index contributed by atoms with van der Waals surface area (Å²) in [5, 5.41) is 6.91. The summed E-state index contributed by atoms with van der Waals surface area (Å²) < 4.78 is 33.0. The van der Waals surface area contributed by atoms with E-state index < -0.39 is 5.82 Å². The topological polar surface area (TPSA) is 45.7 Å². The lowest BCUT2D eigenvalue weighted by Gasteiger charge is -2.63. The SMILES string of the molecule is CCNC(=NCCc1cc(F)ccc1F)NC1C2CCOC2C12CCC2.I. The molecule has 0 bridgehead atoms. The summed E-state index contributed by atoms with van der Waals surface area (Å²) in [6.07, 6.45) is 5.62. The summed E-state index contributed by atoms with van der Waals surface area (Å²) in [7, 11) is 0. The van der Waals surface area contributed by atoms with Gasteiger partial charge in [0.2, 0.25) is 0 Å². The van der Waals surface area contributed by atoms with Crippen molar-refractivity contribution >= 4 is 29.9 Å². The van der Waals surface area contributed by atoms with E-state index in [0.29, 0.717) is 36.6 Å². The fourth-order valence-electron chi connectivity index (χ4n) is 4.95. The van der Waals surface area contributed by atoms with Crippen LogP contribution in [-0.2, 0) is 11.2 Å². The van der Waals surface area contributed by atoms with E-state index in [9.17, 15) is 8.78 Å². The maximum absolute atomic E-state index is 13.8. The molecule has 1 aromatic carbocycles. The van der Waals surface area contributed by atoms with Crippen LogP contribution in [0, 0.1) is 23.0 Å². The Hall–Kier alpha value is -0.960.